The van der Waals surface area contributed by atoms with Crippen molar-refractivity contribution in [3.05, 3.63) is 24.0 Å². The minimum atomic E-state index is 0.352. The van der Waals surface area contributed by atoms with Crippen LogP contribution in [-0.2, 0) is 0 Å². The molecule has 1 rings (SSSR count). The van der Waals surface area contributed by atoms with Gasteiger partial charge in [-0.05, 0) is 44.2 Å². The number of hydrogen-bond donors (Lipinski definition) is 1. The summed E-state index contributed by atoms with van der Waals surface area (Å²) in [7, 11) is 0. The van der Waals surface area contributed by atoms with E-state index >= 15 is 0 Å². The largest absolute Gasteiger partial charge is 0.309 e. The molecule has 3 heteroatoms. The molecule has 1 atom stereocenters. The summed E-state index contributed by atoms with van der Waals surface area (Å²) >= 11 is 1.90. The zero-order valence-corrected chi connectivity index (χ0v) is 12.0. The van der Waals surface area contributed by atoms with Gasteiger partial charge < -0.3 is 5.32 Å². The molecule has 1 aromatic rings. The fourth-order valence-corrected chi connectivity index (χ4v) is 2.49. The number of thioether (sulfide) groups is 1. The lowest BCUT2D eigenvalue weighted by Crippen LogP contribution is -2.20. The number of pyridine rings is 1. The number of aromatic nitrogens is 1. The van der Waals surface area contributed by atoms with Crippen molar-refractivity contribution in [1.29, 1.82) is 0 Å². The quantitative estimate of drug-likeness (QED) is 0.558. The van der Waals surface area contributed by atoms with Crippen molar-refractivity contribution in [3.63, 3.8) is 0 Å². The lowest BCUT2D eigenvalue weighted by molar-refractivity contribution is 0.558. The molecule has 1 N–H and O–H groups in total. The monoisotopic (exact) mass is 252 g/mol. The van der Waals surface area contributed by atoms with E-state index < -0.39 is 0 Å². The summed E-state index contributed by atoms with van der Waals surface area (Å²) in [5.74, 6) is 1.20. The van der Waals surface area contributed by atoms with Crippen LogP contribution in [0.2, 0.25) is 0 Å². The molecule has 0 radical (unpaired) electrons. The Morgan fingerprint density at radius 1 is 1.29 bits per heavy atom. The molecule has 0 aromatic carbocycles. The van der Waals surface area contributed by atoms with E-state index in [0.29, 0.717) is 6.04 Å². The Bertz CT molecular complexity index is 298. The molecule has 96 valence electrons. The Morgan fingerprint density at radius 2 is 2.12 bits per heavy atom. The van der Waals surface area contributed by atoms with Crippen LogP contribution in [0.4, 0.5) is 0 Å². The first kappa shape index (κ1) is 14.5. The highest BCUT2D eigenvalue weighted by Gasteiger charge is 2.05. The van der Waals surface area contributed by atoms with Gasteiger partial charge in [-0.3, -0.25) is 4.98 Å². The van der Waals surface area contributed by atoms with Crippen LogP contribution < -0.4 is 5.32 Å². The summed E-state index contributed by atoms with van der Waals surface area (Å²) in [5, 5.41) is 3.45. The van der Waals surface area contributed by atoms with Crippen molar-refractivity contribution in [3.8, 4) is 0 Å². The van der Waals surface area contributed by atoms with Crippen LogP contribution in [0.15, 0.2) is 23.2 Å². The van der Waals surface area contributed by atoms with Crippen molar-refractivity contribution in [2.24, 2.45) is 0 Å². The van der Waals surface area contributed by atoms with Gasteiger partial charge >= 0.3 is 0 Å². The summed E-state index contributed by atoms with van der Waals surface area (Å²) in [5.41, 5.74) is 1.14. The molecule has 1 aromatic heterocycles. The van der Waals surface area contributed by atoms with Gasteiger partial charge in [0.2, 0.25) is 0 Å². The van der Waals surface area contributed by atoms with Crippen LogP contribution in [0.25, 0.3) is 0 Å². The number of unbranched alkanes of at least 4 members (excludes halogenated alkanes) is 1. The molecule has 0 spiro atoms. The second-order valence-electron chi connectivity index (χ2n) is 4.30. The van der Waals surface area contributed by atoms with E-state index in [0.717, 1.165) is 18.7 Å². The van der Waals surface area contributed by atoms with E-state index in [4.69, 9.17) is 0 Å². The molecular formula is C14H24N2S. The maximum atomic E-state index is 4.53. The van der Waals surface area contributed by atoms with Gasteiger partial charge in [0, 0.05) is 17.1 Å². The molecule has 0 saturated carbocycles. The third kappa shape index (κ3) is 5.55. The summed E-state index contributed by atoms with van der Waals surface area (Å²) in [6, 6.07) is 4.68. The fraction of sp³-hybridized carbons (Fsp3) is 0.643. The first-order valence-electron chi connectivity index (χ1n) is 6.60. The summed E-state index contributed by atoms with van der Waals surface area (Å²) in [6.45, 7) is 7.63. The molecule has 1 unspecified atom stereocenters. The van der Waals surface area contributed by atoms with Crippen molar-refractivity contribution >= 4 is 11.8 Å². The van der Waals surface area contributed by atoms with Gasteiger partial charge in [0.1, 0.15) is 0 Å². The minimum absolute atomic E-state index is 0.352. The Labute approximate surface area is 110 Å². The van der Waals surface area contributed by atoms with Crippen molar-refractivity contribution < 1.29 is 0 Å². The van der Waals surface area contributed by atoms with Gasteiger partial charge in [-0.1, -0.05) is 20.3 Å². The van der Waals surface area contributed by atoms with Crippen molar-refractivity contribution in [1.82, 2.24) is 10.3 Å². The van der Waals surface area contributed by atoms with Crippen LogP contribution >= 0.6 is 11.8 Å². The molecule has 1 heterocycles. The van der Waals surface area contributed by atoms with Crippen LogP contribution in [0, 0.1) is 0 Å². The first-order chi connectivity index (χ1) is 8.27. The van der Waals surface area contributed by atoms with E-state index in [1.165, 1.54) is 23.5 Å². The third-order valence-electron chi connectivity index (χ3n) is 2.67. The smallest absolute Gasteiger partial charge is 0.0571 e. The van der Waals surface area contributed by atoms with Gasteiger partial charge in [0.05, 0.1) is 5.69 Å². The van der Waals surface area contributed by atoms with Crippen LogP contribution in [0.1, 0.15) is 51.8 Å². The van der Waals surface area contributed by atoms with E-state index in [1.54, 1.807) is 0 Å². The second-order valence-corrected chi connectivity index (χ2v) is 5.46. The molecule has 0 saturated heterocycles. The minimum Gasteiger partial charge on any atom is -0.309 e. The molecule has 0 aliphatic heterocycles. The average Bonchev–Trinajstić information content (AvgIpc) is 2.37. The molecule has 0 bridgehead atoms. The lowest BCUT2D eigenvalue weighted by Gasteiger charge is -2.12. The number of nitrogens with one attached hydrogen (secondary N) is 1. The maximum absolute atomic E-state index is 4.53. The third-order valence-corrected chi connectivity index (χ3v) is 3.74. The van der Waals surface area contributed by atoms with Crippen molar-refractivity contribution in [2.45, 2.75) is 51.0 Å². The Kier molecular flexibility index (Phi) is 7.29. The molecule has 17 heavy (non-hydrogen) atoms. The molecule has 0 amide bonds. The molecular weight excluding hydrogens is 228 g/mol. The van der Waals surface area contributed by atoms with E-state index in [1.807, 2.05) is 18.0 Å². The average molecular weight is 252 g/mol. The van der Waals surface area contributed by atoms with Gasteiger partial charge in [-0.15, -0.1) is 11.8 Å². The van der Waals surface area contributed by atoms with Crippen LogP contribution in [0.3, 0.4) is 0 Å². The van der Waals surface area contributed by atoms with Crippen molar-refractivity contribution in [2.75, 3.05) is 12.3 Å². The highest BCUT2D eigenvalue weighted by Crippen LogP contribution is 2.20. The summed E-state index contributed by atoms with van der Waals surface area (Å²) < 4.78 is 0. The first-order valence-corrected chi connectivity index (χ1v) is 7.58. The maximum Gasteiger partial charge on any atom is 0.0571 e. The van der Waals surface area contributed by atoms with Crippen LogP contribution in [0.5, 0.6) is 0 Å². The SMILES string of the molecule is CCCCSc1ccc(C(C)NCCC)nc1. The van der Waals surface area contributed by atoms with E-state index in [2.05, 4.69) is 43.2 Å². The standard InChI is InChI=1S/C14H24N2S/c1-4-6-10-17-13-7-8-14(16-11-13)12(3)15-9-5-2/h7-8,11-12,15H,4-6,9-10H2,1-3H3. The Balaban J connectivity index is 2.43. The van der Waals surface area contributed by atoms with Gasteiger partial charge in [0.25, 0.3) is 0 Å². The lowest BCUT2D eigenvalue weighted by atomic mass is 10.2. The Hall–Kier alpha value is -0.540. The van der Waals surface area contributed by atoms with Crippen LogP contribution in [-0.4, -0.2) is 17.3 Å². The van der Waals surface area contributed by atoms with Gasteiger partial charge in [-0.2, -0.15) is 0 Å². The van der Waals surface area contributed by atoms with E-state index in [-0.39, 0.29) is 0 Å². The Morgan fingerprint density at radius 3 is 2.71 bits per heavy atom. The number of nitrogens with zero attached hydrogens (tertiary/aromatic N) is 1. The predicted octanol–water partition coefficient (Wildman–Crippen LogP) is 4.03. The second kappa shape index (κ2) is 8.54. The fourth-order valence-electron chi connectivity index (χ4n) is 1.53. The predicted molar refractivity (Wildman–Crippen MR) is 76.6 cm³/mol. The molecule has 0 aliphatic rings. The number of rotatable bonds is 8. The zero-order chi connectivity index (χ0) is 12.5. The molecule has 0 aliphatic carbocycles. The summed E-state index contributed by atoms with van der Waals surface area (Å²) in [6.07, 6.45) is 5.70. The zero-order valence-electron chi connectivity index (χ0n) is 11.2. The van der Waals surface area contributed by atoms with Gasteiger partial charge in [0.15, 0.2) is 0 Å². The highest BCUT2D eigenvalue weighted by molar-refractivity contribution is 7.99. The summed E-state index contributed by atoms with van der Waals surface area (Å²) in [4.78, 5) is 5.81. The normalized spacial score (nSPS) is 12.6. The van der Waals surface area contributed by atoms with E-state index in [9.17, 15) is 0 Å². The highest BCUT2D eigenvalue weighted by atomic mass is 32.2. The van der Waals surface area contributed by atoms with Gasteiger partial charge in [-0.25, -0.2) is 0 Å². The number of hydrogen-bond acceptors (Lipinski definition) is 3. The topological polar surface area (TPSA) is 24.9 Å². The molecule has 0 fully saturated rings. The molecule has 2 nitrogen and oxygen atoms in total.